The van der Waals surface area contributed by atoms with E-state index in [1.165, 1.54) is 12.3 Å². The summed E-state index contributed by atoms with van der Waals surface area (Å²) >= 11 is 0. The van der Waals surface area contributed by atoms with Gasteiger partial charge in [-0.3, -0.25) is 9.78 Å². The molecule has 1 unspecified atom stereocenters. The van der Waals surface area contributed by atoms with Crippen molar-refractivity contribution in [2.75, 3.05) is 26.2 Å². The van der Waals surface area contributed by atoms with Crippen molar-refractivity contribution >= 4 is 5.91 Å². The summed E-state index contributed by atoms with van der Waals surface area (Å²) in [6, 6.07) is 1.45. The Morgan fingerprint density at radius 1 is 1.50 bits per heavy atom. The van der Waals surface area contributed by atoms with Gasteiger partial charge in [0.05, 0.1) is 11.8 Å². The summed E-state index contributed by atoms with van der Waals surface area (Å²) in [4.78, 5) is 17.7. The largest absolute Gasteiger partial charge is 0.338 e. The minimum absolute atomic E-state index is 0.132. The number of carbonyl (C=O) groups is 1. The number of nitrogens with one attached hydrogen (secondary N) is 1. The molecule has 1 spiro atoms. The number of hydrogen-bond donors (Lipinski definition) is 1. The summed E-state index contributed by atoms with van der Waals surface area (Å²) in [7, 11) is 0. The molecule has 1 aromatic rings. The molecule has 2 aliphatic rings. The zero-order valence-electron chi connectivity index (χ0n) is 10.2. The zero-order chi connectivity index (χ0) is 12.6. The van der Waals surface area contributed by atoms with Gasteiger partial charge in [-0.2, -0.15) is 0 Å². The first-order valence-electron chi connectivity index (χ1n) is 6.30. The van der Waals surface area contributed by atoms with E-state index in [1.54, 1.807) is 4.90 Å². The third-order valence-corrected chi connectivity index (χ3v) is 4.06. The maximum absolute atomic E-state index is 13.5. The van der Waals surface area contributed by atoms with Crippen LogP contribution in [0.25, 0.3) is 0 Å². The van der Waals surface area contributed by atoms with E-state index in [-0.39, 0.29) is 16.9 Å². The highest BCUT2D eigenvalue weighted by Crippen LogP contribution is 2.36. The maximum atomic E-state index is 13.5. The highest BCUT2D eigenvalue weighted by molar-refractivity contribution is 5.94. The minimum atomic E-state index is -0.534. The van der Waals surface area contributed by atoms with Gasteiger partial charge >= 0.3 is 0 Å². The van der Waals surface area contributed by atoms with E-state index in [9.17, 15) is 9.18 Å². The number of rotatable bonds is 1. The Kier molecular flexibility index (Phi) is 2.78. The van der Waals surface area contributed by atoms with Gasteiger partial charge in [0.1, 0.15) is 0 Å². The molecule has 1 atom stereocenters. The van der Waals surface area contributed by atoms with Crippen molar-refractivity contribution in [3.8, 4) is 0 Å². The molecule has 0 bridgehead atoms. The normalized spacial score (nSPS) is 27.1. The number of nitrogens with zero attached hydrogens (tertiary/aromatic N) is 2. The smallest absolute Gasteiger partial charge is 0.256 e. The second-order valence-corrected chi connectivity index (χ2v) is 5.26. The van der Waals surface area contributed by atoms with Gasteiger partial charge in [-0.1, -0.05) is 0 Å². The van der Waals surface area contributed by atoms with Gasteiger partial charge in [-0.05, 0) is 25.5 Å². The lowest BCUT2D eigenvalue weighted by atomic mass is 9.86. The molecule has 1 amide bonds. The number of likely N-dealkylation sites (tertiary alicyclic amines) is 1. The molecule has 1 N–H and O–H groups in total. The number of hydrogen-bond acceptors (Lipinski definition) is 3. The van der Waals surface area contributed by atoms with Crippen molar-refractivity contribution in [3.63, 3.8) is 0 Å². The van der Waals surface area contributed by atoms with Crippen molar-refractivity contribution in [2.45, 2.75) is 12.8 Å². The molecule has 5 heteroatoms. The van der Waals surface area contributed by atoms with Gasteiger partial charge in [-0.25, -0.2) is 4.39 Å². The van der Waals surface area contributed by atoms with Crippen LogP contribution in [0.4, 0.5) is 4.39 Å². The molecular formula is C13H16FN3O. The van der Waals surface area contributed by atoms with Gasteiger partial charge in [0.15, 0.2) is 5.82 Å². The molecular weight excluding hydrogens is 233 g/mol. The van der Waals surface area contributed by atoms with Crippen molar-refractivity contribution in [2.24, 2.45) is 5.41 Å². The Balaban J connectivity index is 1.77. The van der Waals surface area contributed by atoms with Crippen LogP contribution in [-0.2, 0) is 0 Å². The van der Waals surface area contributed by atoms with Crippen molar-refractivity contribution < 1.29 is 9.18 Å². The molecule has 2 aliphatic heterocycles. The third kappa shape index (κ3) is 1.88. The van der Waals surface area contributed by atoms with E-state index < -0.39 is 5.82 Å². The quantitative estimate of drug-likeness (QED) is 0.809. The lowest BCUT2D eigenvalue weighted by Gasteiger charge is -2.22. The summed E-state index contributed by atoms with van der Waals surface area (Å²) in [6.45, 7) is 3.45. The number of aromatic nitrogens is 1. The van der Waals surface area contributed by atoms with Crippen LogP contribution in [0.5, 0.6) is 0 Å². The molecule has 96 valence electrons. The lowest BCUT2D eigenvalue weighted by molar-refractivity contribution is 0.0771. The molecule has 2 fully saturated rings. The third-order valence-electron chi connectivity index (χ3n) is 4.06. The molecule has 0 radical (unpaired) electrons. The fourth-order valence-electron chi connectivity index (χ4n) is 2.97. The molecule has 3 rings (SSSR count). The number of halogens is 1. The van der Waals surface area contributed by atoms with E-state index in [1.807, 2.05) is 0 Å². The topological polar surface area (TPSA) is 45.2 Å². The first-order chi connectivity index (χ1) is 8.70. The number of carbonyl (C=O) groups excluding carboxylic acids is 1. The van der Waals surface area contributed by atoms with E-state index in [0.29, 0.717) is 0 Å². The standard InChI is InChI=1S/C13H16FN3O/c14-11-7-15-4-1-10(11)12(18)17-6-3-13(9-17)2-5-16-8-13/h1,4,7,16H,2-3,5-6,8-9H2. The van der Waals surface area contributed by atoms with Gasteiger partial charge in [0.2, 0.25) is 0 Å². The SMILES string of the molecule is O=C(c1ccncc1F)N1CCC2(CCNC2)C1. The van der Waals surface area contributed by atoms with E-state index in [2.05, 4.69) is 10.3 Å². The van der Waals surface area contributed by atoms with Crippen molar-refractivity contribution in [3.05, 3.63) is 29.8 Å². The lowest BCUT2D eigenvalue weighted by Crippen LogP contribution is -2.33. The Bertz CT molecular complexity index is 471. The predicted octanol–water partition coefficient (Wildman–Crippen LogP) is 1.05. The number of amides is 1. The predicted molar refractivity (Wildman–Crippen MR) is 64.6 cm³/mol. The Morgan fingerprint density at radius 3 is 3.11 bits per heavy atom. The van der Waals surface area contributed by atoms with Gasteiger partial charge in [-0.15, -0.1) is 0 Å². The van der Waals surface area contributed by atoms with Crippen LogP contribution in [0.15, 0.2) is 18.5 Å². The van der Waals surface area contributed by atoms with Gasteiger partial charge < -0.3 is 10.2 Å². The molecule has 18 heavy (non-hydrogen) atoms. The zero-order valence-corrected chi connectivity index (χ0v) is 10.2. The molecule has 3 heterocycles. The maximum Gasteiger partial charge on any atom is 0.256 e. The highest BCUT2D eigenvalue weighted by Gasteiger charge is 2.42. The van der Waals surface area contributed by atoms with Crippen LogP contribution in [-0.4, -0.2) is 42.0 Å². The summed E-state index contributed by atoms with van der Waals surface area (Å²) in [5, 5.41) is 3.34. The van der Waals surface area contributed by atoms with Crippen LogP contribution >= 0.6 is 0 Å². The Hall–Kier alpha value is -1.49. The molecule has 1 aromatic heterocycles. The summed E-state index contributed by atoms with van der Waals surface area (Å²) in [5.74, 6) is -0.744. The molecule has 4 nitrogen and oxygen atoms in total. The average molecular weight is 249 g/mol. The van der Waals surface area contributed by atoms with Crippen molar-refractivity contribution in [1.82, 2.24) is 15.2 Å². The van der Waals surface area contributed by atoms with E-state index >= 15 is 0 Å². The summed E-state index contributed by atoms with van der Waals surface area (Å²) in [6.07, 6.45) is 4.67. The Morgan fingerprint density at radius 2 is 2.39 bits per heavy atom. The van der Waals surface area contributed by atoms with Crippen LogP contribution in [0.2, 0.25) is 0 Å². The van der Waals surface area contributed by atoms with Gasteiger partial charge in [0.25, 0.3) is 5.91 Å². The summed E-state index contributed by atoms with van der Waals surface area (Å²) in [5.41, 5.74) is 0.354. The first-order valence-corrected chi connectivity index (χ1v) is 6.30. The average Bonchev–Trinajstić information content (AvgIpc) is 3.00. The summed E-state index contributed by atoms with van der Waals surface area (Å²) < 4.78 is 13.5. The highest BCUT2D eigenvalue weighted by atomic mass is 19.1. The monoisotopic (exact) mass is 249 g/mol. The van der Waals surface area contributed by atoms with Crippen molar-refractivity contribution in [1.29, 1.82) is 0 Å². The van der Waals surface area contributed by atoms with Crippen LogP contribution in [0.1, 0.15) is 23.2 Å². The van der Waals surface area contributed by atoms with Crippen LogP contribution < -0.4 is 5.32 Å². The fraction of sp³-hybridized carbons (Fsp3) is 0.538. The Labute approximate surface area is 105 Å². The van der Waals surface area contributed by atoms with Crippen LogP contribution in [0.3, 0.4) is 0 Å². The first kappa shape index (κ1) is 11.6. The molecule has 0 aliphatic carbocycles. The van der Waals surface area contributed by atoms with E-state index in [4.69, 9.17) is 0 Å². The molecule has 0 aromatic carbocycles. The molecule has 0 saturated carbocycles. The fourth-order valence-corrected chi connectivity index (χ4v) is 2.97. The second-order valence-electron chi connectivity index (χ2n) is 5.26. The van der Waals surface area contributed by atoms with Crippen LogP contribution in [0, 0.1) is 11.2 Å². The second kappa shape index (κ2) is 4.31. The molecule has 2 saturated heterocycles. The van der Waals surface area contributed by atoms with E-state index in [0.717, 1.165) is 45.2 Å². The minimum Gasteiger partial charge on any atom is -0.338 e. The number of pyridine rings is 1. The van der Waals surface area contributed by atoms with Gasteiger partial charge in [0, 0.05) is 31.2 Å².